The number of guanidine groups is 1. The van der Waals surface area contributed by atoms with Crippen LogP contribution in [0.5, 0.6) is 0 Å². The lowest BCUT2D eigenvalue weighted by Crippen LogP contribution is -2.39. The molecule has 0 spiro atoms. The molecule has 0 saturated heterocycles. The van der Waals surface area contributed by atoms with Gasteiger partial charge in [0.1, 0.15) is 5.82 Å². The minimum atomic E-state index is -0.230. The smallest absolute Gasteiger partial charge is 0.191 e. The van der Waals surface area contributed by atoms with Crippen molar-refractivity contribution in [3.8, 4) is 0 Å². The van der Waals surface area contributed by atoms with Gasteiger partial charge in [0, 0.05) is 20.1 Å². The molecular formula is C20H27FIN3O. The Labute approximate surface area is 172 Å². The van der Waals surface area contributed by atoms with Crippen LogP contribution in [0.2, 0.25) is 0 Å². The standard InChI is InChI=1S/C20H26FN3O.HI/c1-16(14-25-15-17-7-4-3-5-8-17)12-23-20(22-2)24-13-18-9-6-10-19(21)11-18;/h3-11,16H,12-15H2,1-2H3,(H2,22,23,24);1H. The fourth-order valence-corrected chi connectivity index (χ4v) is 2.34. The topological polar surface area (TPSA) is 45.7 Å². The number of benzene rings is 2. The molecule has 0 radical (unpaired) electrons. The predicted octanol–water partition coefficient (Wildman–Crippen LogP) is 3.96. The Kier molecular flexibility index (Phi) is 10.9. The van der Waals surface area contributed by atoms with E-state index in [0.717, 1.165) is 12.1 Å². The van der Waals surface area contributed by atoms with Gasteiger partial charge < -0.3 is 15.4 Å². The van der Waals surface area contributed by atoms with E-state index >= 15 is 0 Å². The molecule has 0 aliphatic rings. The molecule has 0 aliphatic heterocycles. The van der Waals surface area contributed by atoms with Gasteiger partial charge in [0.05, 0.1) is 13.2 Å². The van der Waals surface area contributed by atoms with Gasteiger partial charge in [0.2, 0.25) is 0 Å². The minimum absolute atomic E-state index is 0. The molecule has 2 N–H and O–H groups in total. The third-order valence-electron chi connectivity index (χ3n) is 3.70. The monoisotopic (exact) mass is 471 g/mol. The van der Waals surface area contributed by atoms with E-state index in [4.69, 9.17) is 4.74 Å². The lowest BCUT2D eigenvalue weighted by Gasteiger charge is -2.16. The number of rotatable bonds is 8. The van der Waals surface area contributed by atoms with Gasteiger partial charge in [-0.3, -0.25) is 4.99 Å². The zero-order valence-corrected chi connectivity index (χ0v) is 17.6. The Hall–Kier alpha value is -1.67. The Morgan fingerprint density at radius 3 is 2.50 bits per heavy atom. The van der Waals surface area contributed by atoms with Crippen molar-refractivity contribution in [1.82, 2.24) is 10.6 Å². The summed E-state index contributed by atoms with van der Waals surface area (Å²) in [5.41, 5.74) is 2.05. The third kappa shape index (κ3) is 8.62. The number of halogens is 2. The number of nitrogens with one attached hydrogen (secondary N) is 2. The summed E-state index contributed by atoms with van der Waals surface area (Å²) >= 11 is 0. The lowest BCUT2D eigenvalue weighted by atomic mass is 10.2. The molecule has 0 bridgehead atoms. The van der Waals surface area contributed by atoms with Gasteiger partial charge in [0.25, 0.3) is 0 Å². The first-order valence-electron chi connectivity index (χ1n) is 8.48. The first kappa shape index (κ1) is 22.4. The van der Waals surface area contributed by atoms with Gasteiger partial charge in [0.15, 0.2) is 5.96 Å². The van der Waals surface area contributed by atoms with Crippen molar-refractivity contribution >= 4 is 29.9 Å². The van der Waals surface area contributed by atoms with Crippen molar-refractivity contribution in [2.24, 2.45) is 10.9 Å². The minimum Gasteiger partial charge on any atom is -0.376 e. The van der Waals surface area contributed by atoms with Crippen molar-refractivity contribution in [3.63, 3.8) is 0 Å². The first-order valence-corrected chi connectivity index (χ1v) is 8.48. The Morgan fingerprint density at radius 2 is 1.81 bits per heavy atom. The van der Waals surface area contributed by atoms with Crippen LogP contribution in [0.1, 0.15) is 18.1 Å². The van der Waals surface area contributed by atoms with Crippen molar-refractivity contribution < 1.29 is 9.13 Å². The zero-order chi connectivity index (χ0) is 17.9. The summed E-state index contributed by atoms with van der Waals surface area (Å²) in [6, 6.07) is 16.7. The van der Waals surface area contributed by atoms with E-state index in [2.05, 4.69) is 34.7 Å². The van der Waals surface area contributed by atoms with Crippen molar-refractivity contribution in [2.45, 2.75) is 20.1 Å². The summed E-state index contributed by atoms with van der Waals surface area (Å²) in [7, 11) is 1.72. The van der Waals surface area contributed by atoms with E-state index in [1.54, 1.807) is 13.1 Å². The molecule has 2 rings (SSSR count). The van der Waals surface area contributed by atoms with E-state index in [1.807, 2.05) is 24.3 Å². The second-order valence-electron chi connectivity index (χ2n) is 6.04. The highest BCUT2D eigenvalue weighted by atomic mass is 127. The van der Waals surface area contributed by atoms with Gasteiger partial charge in [-0.15, -0.1) is 24.0 Å². The molecule has 142 valence electrons. The van der Waals surface area contributed by atoms with Crippen LogP contribution in [0.25, 0.3) is 0 Å². The molecule has 0 aromatic heterocycles. The van der Waals surface area contributed by atoms with E-state index in [9.17, 15) is 4.39 Å². The van der Waals surface area contributed by atoms with Crippen LogP contribution in [-0.4, -0.2) is 26.2 Å². The van der Waals surface area contributed by atoms with Gasteiger partial charge in [-0.1, -0.05) is 49.4 Å². The second kappa shape index (κ2) is 12.6. The zero-order valence-electron chi connectivity index (χ0n) is 15.2. The summed E-state index contributed by atoms with van der Waals surface area (Å²) < 4.78 is 18.9. The lowest BCUT2D eigenvalue weighted by molar-refractivity contribution is 0.0931. The molecule has 2 aromatic rings. The number of ether oxygens (including phenoxy) is 1. The van der Waals surface area contributed by atoms with Crippen molar-refractivity contribution in [3.05, 3.63) is 71.5 Å². The van der Waals surface area contributed by atoms with Crippen LogP contribution in [-0.2, 0) is 17.9 Å². The molecule has 4 nitrogen and oxygen atoms in total. The molecule has 1 unspecified atom stereocenters. The molecule has 0 fully saturated rings. The van der Waals surface area contributed by atoms with Gasteiger partial charge in [-0.05, 0) is 29.2 Å². The third-order valence-corrected chi connectivity index (χ3v) is 3.70. The number of hydrogen-bond donors (Lipinski definition) is 2. The van der Waals surface area contributed by atoms with Crippen LogP contribution in [0.15, 0.2) is 59.6 Å². The summed E-state index contributed by atoms with van der Waals surface area (Å²) in [6.45, 7) is 4.69. The Balaban J connectivity index is 0.00000338. The highest BCUT2D eigenvalue weighted by Gasteiger charge is 2.05. The van der Waals surface area contributed by atoms with E-state index in [1.165, 1.54) is 17.7 Å². The fraction of sp³-hybridized carbons (Fsp3) is 0.350. The van der Waals surface area contributed by atoms with Gasteiger partial charge in [-0.25, -0.2) is 4.39 Å². The van der Waals surface area contributed by atoms with Gasteiger partial charge in [-0.2, -0.15) is 0 Å². The van der Waals surface area contributed by atoms with Crippen LogP contribution in [0.3, 0.4) is 0 Å². The first-order chi connectivity index (χ1) is 12.2. The molecule has 2 aromatic carbocycles. The average molecular weight is 471 g/mol. The molecule has 0 saturated carbocycles. The Morgan fingerprint density at radius 1 is 1.08 bits per heavy atom. The molecule has 0 aliphatic carbocycles. The number of nitrogens with zero attached hydrogens (tertiary/aromatic N) is 1. The highest BCUT2D eigenvalue weighted by Crippen LogP contribution is 2.04. The molecule has 6 heteroatoms. The van der Waals surface area contributed by atoms with Crippen LogP contribution in [0, 0.1) is 11.7 Å². The van der Waals surface area contributed by atoms with Crippen LogP contribution < -0.4 is 10.6 Å². The predicted molar refractivity (Wildman–Crippen MR) is 115 cm³/mol. The Bertz CT molecular complexity index is 667. The quantitative estimate of drug-likeness (QED) is 0.348. The maximum Gasteiger partial charge on any atom is 0.191 e. The average Bonchev–Trinajstić information content (AvgIpc) is 2.63. The van der Waals surface area contributed by atoms with E-state index in [0.29, 0.717) is 31.6 Å². The SMILES string of the molecule is CN=C(NCc1cccc(F)c1)NCC(C)COCc1ccccc1.I. The number of hydrogen-bond acceptors (Lipinski definition) is 2. The summed E-state index contributed by atoms with van der Waals surface area (Å²) in [4.78, 5) is 4.19. The molecule has 0 heterocycles. The largest absolute Gasteiger partial charge is 0.376 e. The van der Waals surface area contributed by atoms with E-state index in [-0.39, 0.29) is 29.8 Å². The second-order valence-corrected chi connectivity index (χ2v) is 6.04. The molecule has 0 amide bonds. The van der Waals surface area contributed by atoms with Crippen LogP contribution >= 0.6 is 24.0 Å². The van der Waals surface area contributed by atoms with E-state index < -0.39 is 0 Å². The summed E-state index contributed by atoms with van der Waals surface area (Å²) in [6.07, 6.45) is 0. The molecule has 26 heavy (non-hydrogen) atoms. The molecular weight excluding hydrogens is 444 g/mol. The highest BCUT2D eigenvalue weighted by molar-refractivity contribution is 14.0. The molecule has 1 atom stereocenters. The van der Waals surface area contributed by atoms with Crippen molar-refractivity contribution in [1.29, 1.82) is 0 Å². The fourth-order valence-electron chi connectivity index (χ4n) is 2.34. The van der Waals surface area contributed by atoms with Crippen molar-refractivity contribution in [2.75, 3.05) is 20.2 Å². The number of aliphatic imine (C=N–C) groups is 1. The normalized spacial score (nSPS) is 12.2. The maximum atomic E-state index is 13.2. The van der Waals surface area contributed by atoms with Crippen LogP contribution in [0.4, 0.5) is 4.39 Å². The summed E-state index contributed by atoms with van der Waals surface area (Å²) in [5.74, 6) is 0.807. The summed E-state index contributed by atoms with van der Waals surface area (Å²) in [5, 5.41) is 6.45. The van der Waals surface area contributed by atoms with Gasteiger partial charge >= 0.3 is 0 Å². The maximum absolute atomic E-state index is 13.2.